The molecule has 1 fully saturated rings. The molecule has 0 radical (unpaired) electrons. The smallest absolute Gasteiger partial charge is 0.328 e. The minimum Gasteiger partial charge on any atom is -0.493 e. The molecule has 8 N–H and O–H groups in total. The first kappa shape index (κ1) is 14.8. The standard InChI is InChI=1S/C8H5N5O6.H3N/c14-3-1(4(15)11-7(18)10-3)9-2-5(16)12-8(19)13-6(2)17;/h(H2,10,11,14,15,18)(H3,12,13,16,17,19);1H3. The zero-order valence-electron chi connectivity index (χ0n) is 9.64. The number of aliphatic imine (C=N–C) groups is 1. The van der Waals surface area contributed by atoms with E-state index in [-0.39, 0.29) is 6.15 Å². The number of nitrogens with zero attached hydrogens (tertiary/aromatic N) is 1. The average Bonchev–Trinajstić information content (AvgIpc) is 2.25. The van der Waals surface area contributed by atoms with Crippen LogP contribution in [0.1, 0.15) is 0 Å². The number of H-pyrrole nitrogens is 2. The third-order valence-electron chi connectivity index (χ3n) is 2.01. The molecule has 4 amide bonds. The molecule has 106 valence electrons. The Morgan fingerprint density at radius 1 is 0.900 bits per heavy atom. The van der Waals surface area contributed by atoms with Crippen molar-refractivity contribution < 1.29 is 19.5 Å². The molecular formula is C8H8N6O6. The van der Waals surface area contributed by atoms with Crippen LogP contribution < -0.4 is 28.0 Å². The SMILES string of the molecule is N.O=C1NC(=O)C(=Nc2c(O)[nH]c(=O)[nH]c2=O)C(=O)N1. The summed E-state index contributed by atoms with van der Waals surface area (Å²) in [5.41, 5.74) is -3.65. The topological polar surface area (TPSA) is 209 Å². The Balaban J connectivity index is 0.00000200. The molecule has 12 heteroatoms. The predicted octanol–water partition coefficient (Wildman–Crippen LogP) is -2.63. The Labute approximate surface area is 108 Å². The maximum absolute atomic E-state index is 11.3. The summed E-state index contributed by atoms with van der Waals surface area (Å²) < 4.78 is 0. The van der Waals surface area contributed by atoms with Gasteiger partial charge in [0.2, 0.25) is 5.88 Å². The lowest BCUT2D eigenvalue weighted by molar-refractivity contribution is -0.119. The highest BCUT2D eigenvalue weighted by Gasteiger charge is 2.30. The molecule has 0 aromatic carbocycles. The highest BCUT2D eigenvalue weighted by Crippen LogP contribution is 2.16. The van der Waals surface area contributed by atoms with Crippen LogP contribution in [0.5, 0.6) is 5.88 Å². The van der Waals surface area contributed by atoms with Gasteiger partial charge in [-0.05, 0) is 0 Å². The van der Waals surface area contributed by atoms with Crippen molar-refractivity contribution in [3.05, 3.63) is 20.8 Å². The molecule has 0 atom stereocenters. The van der Waals surface area contributed by atoms with E-state index in [1.807, 2.05) is 4.98 Å². The molecular weight excluding hydrogens is 276 g/mol. The second-order valence-corrected chi connectivity index (χ2v) is 3.30. The van der Waals surface area contributed by atoms with E-state index >= 15 is 0 Å². The molecule has 0 aliphatic carbocycles. The van der Waals surface area contributed by atoms with Gasteiger partial charge in [-0.15, -0.1) is 0 Å². The first-order chi connectivity index (χ1) is 8.88. The van der Waals surface area contributed by atoms with Crippen LogP contribution in [0.3, 0.4) is 0 Å². The number of carbonyl (C=O) groups is 3. The molecule has 0 saturated carbocycles. The first-order valence-electron chi connectivity index (χ1n) is 4.69. The number of carbonyl (C=O) groups excluding carboxylic acids is 3. The van der Waals surface area contributed by atoms with E-state index in [9.17, 15) is 29.1 Å². The molecule has 1 aromatic heterocycles. The van der Waals surface area contributed by atoms with Gasteiger partial charge in [0.05, 0.1) is 0 Å². The Morgan fingerprint density at radius 3 is 1.95 bits per heavy atom. The molecule has 1 aliphatic heterocycles. The third kappa shape index (κ3) is 2.59. The summed E-state index contributed by atoms with van der Waals surface area (Å²) in [6.45, 7) is 0. The summed E-state index contributed by atoms with van der Waals surface area (Å²) >= 11 is 0. The quantitative estimate of drug-likeness (QED) is 0.322. The number of aromatic nitrogens is 2. The van der Waals surface area contributed by atoms with Gasteiger partial charge in [-0.3, -0.25) is 35.0 Å². The van der Waals surface area contributed by atoms with Gasteiger partial charge in [0.25, 0.3) is 17.4 Å². The molecule has 0 unspecified atom stereocenters. The number of urea groups is 1. The fourth-order valence-corrected chi connectivity index (χ4v) is 1.24. The lowest BCUT2D eigenvalue weighted by Gasteiger charge is -2.12. The van der Waals surface area contributed by atoms with E-state index in [0.29, 0.717) is 0 Å². The summed E-state index contributed by atoms with van der Waals surface area (Å²) in [4.78, 5) is 62.4. The molecule has 2 rings (SSSR count). The largest absolute Gasteiger partial charge is 0.493 e. The number of hydrogen-bond acceptors (Lipinski definition) is 8. The number of aromatic hydroxyl groups is 1. The number of hydrogen-bond donors (Lipinski definition) is 6. The molecule has 12 nitrogen and oxygen atoms in total. The molecule has 20 heavy (non-hydrogen) atoms. The zero-order chi connectivity index (χ0) is 14.2. The lowest BCUT2D eigenvalue weighted by atomic mass is 10.3. The lowest BCUT2D eigenvalue weighted by Crippen LogP contribution is -2.56. The van der Waals surface area contributed by atoms with E-state index in [4.69, 9.17) is 0 Å². The second kappa shape index (κ2) is 5.15. The molecule has 0 spiro atoms. The maximum Gasteiger partial charge on any atom is 0.328 e. The van der Waals surface area contributed by atoms with E-state index in [1.165, 1.54) is 0 Å². The minimum atomic E-state index is -1.14. The highest BCUT2D eigenvalue weighted by atomic mass is 16.3. The maximum atomic E-state index is 11.3. The van der Waals surface area contributed by atoms with Crippen molar-refractivity contribution in [2.75, 3.05) is 0 Å². The fraction of sp³-hybridized carbons (Fsp3) is 0. The van der Waals surface area contributed by atoms with Crippen molar-refractivity contribution in [2.45, 2.75) is 0 Å². The molecule has 1 saturated heterocycles. The summed E-state index contributed by atoms with van der Waals surface area (Å²) in [5, 5.41) is 12.8. The zero-order valence-corrected chi connectivity index (χ0v) is 9.64. The highest BCUT2D eigenvalue weighted by molar-refractivity contribution is 6.69. The summed E-state index contributed by atoms with van der Waals surface area (Å²) in [7, 11) is 0. The van der Waals surface area contributed by atoms with Crippen LogP contribution in [0.2, 0.25) is 0 Å². The van der Waals surface area contributed by atoms with Crippen LogP contribution in [0.15, 0.2) is 14.6 Å². The number of nitrogens with one attached hydrogen (secondary N) is 4. The van der Waals surface area contributed by atoms with Crippen molar-refractivity contribution in [1.29, 1.82) is 0 Å². The van der Waals surface area contributed by atoms with E-state index in [1.54, 1.807) is 15.6 Å². The van der Waals surface area contributed by atoms with Gasteiger partial charge in [-0.2, -0.15) is 0 Å². The van der Waals surface area contributed by atoms with Crippen molar-refractivity contribution >= 4 is 29.2 Å². The van der Waals surface area contributed by atoms with E-state index in [2.05, 4.69) is 4.99 Å². The number of imide groups is 2. The fourth-order valence-electron chi connectivity index (χ4n) is 1.24. The normalized spacial score (nSPS) is 14.2. The average molecular weight is 284 g/mol. The molecule has 0 bridgehead atoms. The Bertz CT molecular complexity index is 721. The van der Waals surface area contributed by atoms with Gasteiger partial charge in [-0.1, -0.05) is 0 Å². The van der Waals surface area contributed by atoms with Crippen molar-refractivity contribution in [2.24, 2.45) is 4.99 Å². The predicted molar refractivity (Wildman–Crippen MR) is 63.1 cm³/mol. The van der Waals surface area contributed by atoms with E-state index in [0.717, 1.165) is 0 Å². The molecule has 2 heterocycles. The summed E-state index contributed by atoms with van der Waals surface area (Å²) in [5.74, 6) is -3.20. The Kier molecular flexibility index (Phi) is 3.81. The Hall–Kier alpha value is -3.28. The molecule has 1 aliphatic rings. The van der Waals surface area contributed by atoms with Crippen LogP contribution in [-0.4, -0.2) is 38.6 Å². The van der Waals surface area contributed by atoms with Crippen molar-refractivity contribution in [3.8, 4) is 5.88 Å². The Morgan fingerprint density at radius 2 is 1.45 bits per heavy atom. The van der Waals surface area contributed by atoms with Crippen LogP contribution in [-0.2, 0) is 9.59 Å². The van der Waals surface area contributed by atoms with Gasteiger partial charge in [0.1, 0.15) is 0 Å². The monoisotopic (exact) mass is 284 g/mol. The van der Waals surface area contributed by atoms with Gasteiger partial charge in [0.15, 0.2) is 11.4 Å². The van der Waals surface area contributed by atoms with Gasteiger partial charge < -0.3 is 11.3 Å². The summed E-state index contributed by atoms with van der Waals surface area (Å²) in [6, 6.07) is -1.03. The van der Waals surface area contributed by atoms with Crippen LogP contribution in [0.25, 0.3) is 0 Å². The van der Waals surface area contributed by atoms with Crippen LogP contribution in [0.4, 0.5) is 10.5 Å². The van der Waals surface area contributed by atoms with Gasteiger partial charge in [0, 0.05) is 0 Å². The van der Waals surface area contributed by atoms with E-state index < -0.39 is 46.4 Å². The van der Waals surface area contributed by atoms with Crippen LogP contribution >= 0.6 is 0 Å². The third-order valence-corrected chi connectivity index (χ3v) is 2.01. The number of barbiturate groups is 1. The molecule has 1 aromatic rings. The van der Waals surface area contributed by atoms with Gasteiger partial charge >= 0.3 is 11.7 Å². The minimum absolute atomic E-state index is 0. The van der Waals surface area contributed by atoms with Crippen molar-refractivity contribution in [1.82, 2.24) is 26.8 Å². The first-order valence-corrected chi connectivity index (χ1v) is 4.69. The number of amides is 4. The summed E-state index contributed by atoms with van der Waals surface area (Å²) in [6.07, 6.45) is 0. The number of rotatable bonds is 1. The van der Waals surface area contributed by atoms with Gasteiger partial charge in [-0.25, -0.2) is 14.6 Å². The number of aromatic amines is 2. The van der Waals surface area contributed by atoms with Crippen LogP contribution in [0, 0.1) is 0 Å². The van der Waals surface area contributed by atoms with Crippen molar-refractivity contribution in [3.63, 3.8) is 0 Å². The second-order valence-electron chi connectivity index (χ2n) is 3.30.